The van der Waals surface area contributed by atoms with Crippen LogP contribution in [0.1, 0.15) is 99.8 Å². The van der Waals surface area contributed by atoms with Crippen molar-refractivity contribution >= 4 is 0 Å². The number of fused-ring (bicyclic) bond motifs is 4. The van der Waals surface area contributed by atoms with Crippen LogP contribution >= 0.6 is 0 Å². The molecule has 3 saturated heterocycles. The van der Waals surface area contributed by atoms with Crippen LogP contribution in [-0.2, 0) is 28.4 Å². The van der Waals surface area contributed by atoms with E-state index in [1.807, 2.05) is 21.0 Å². The van der Waals surface area contributed by atoms with E-state index < -0.39 is 5.60 Å². The van der Waals surface area contributed by atoms with E-state index in [1.54, 1.807) is 7.11 Å². The third-order valence-electron chi connectivity index (χ3n) is 16.8. The van der Waals surface area contributed by atoms with Gasteiger partial charge < -0.3 is 33.5 Å². The standard InChI is InChI=1S/C39H65NO7/c1-23-18-25(32(42-8)35(4,5)41)46-31-30(23)36(6)14-15-39-22-38(39)13-12-28(47-29-19-40(16-17-45-29)24-20-44-21-24)34(2,3)26(38)10-11-27(39)37(36,7)33(31)43-9/h23-33,41H,10-22H2,1-9H3/t23-,25-,26+,27?,28?,29+,30+,31+,32+,33+,36?,37-,38?,39?/m1/s1. The van der Waals surface area contributed by atoms with E-state index >= 15 is 0 Å². The first-order valence-electron chi connectivity index (χ1n) is 19.2. The Labute approximate surface area is 284 Å². The number of morpholine rings is 1. The maximum atomic E-state index is 11.0. The van der Waals surface area contributed by atoms with Gasteiger partial charge in [0.05, 0.1) is 62.4 Å². The highest BCUT2D eigenvalue weighted by Gasteiger charge is 2.85. The predicted octanol–water partition coefficient (Wildman–Crippen LogP) is 5.68. The molecule has 5 saturated carbocycles. The number of methoxy groups -OCH3 is 2. The van der Waals surface area contributed by atoms with E-state index in [0.717, 1.165) is 45.8 Å². The van der Waals surface area contributed by atoms with Crippen LogP contribution in [0.4, 0.5) is 0 Å². The highest BCUT2D eigenvalue weighted by atomic mass is 16.7. The van der Waals surface area contributed by atoms with Gasteiger partial charge in [-0.2, -0.15) is 0 Å². The van der Waals surface area contributed by atoms with Crippen LogP contribution in [0.2, 0.25) is 0 Å². The van der Waals surface area contributed by atoms with Gasteiger partial charge in [0.15, 0.2) is 6.29 Å². The molecule has 8 nitrogen and oxygen atoms in total. The fourth-order valence-electron chi connectivity index (χ4n) is 14.7. The fourth-order valence-corrected chi connectivity index (χ4v) is 14.7. The summed E-state index contributed by atoms with van der Waals surface area (Å²) in [6.07, 6.45) is 9.50. The topological polar surface area (TPSA) is 78.9 Å². The van der Waals surface area contributed by atoms with Crippen molar-refractivity contribution in [3.63, 3.8) is 0 Å². The molecule has 268 valence electrons. The first kappa shape index (κ1) is 33.8. The van der Waals surface area contributed by atoms with Gasteiger partial charge in [-0.15, -0.1) is 0 Å². The summed E-state index contributed by atoms with van der Waals surface area (Å²) in [7, 11) is 3.65. The molecule has 0 bridgehead atoms. The molecule has 3 aliphatic heterocycles. The molecular weight excluding hydrogens is 594 g/mol. The maximum Gasteiger partial charge on any atom is 0.170 e. The Morgan fingerprint density at radius 2 is 1.68 bits per heavy atom. The zero-order valence-electron chi connectivity index (χ0n) is 30.9. The molecule has 5 unspecified atom stereocenters. The molecule has 8 aliphatic rings. The van der Waals surface area contributed by atoms with Crippen LogP contribution in [0.25, 0.3) is 0 Å². The molecule has 0 amide bonds. The van der Waals surface area contributed by atoms with Crippen molar-refractivity contribution in [3.05, 3.63) is 0 Å². The zero-order chi connectivity index (χ0) is 33.4. The van der Waals surface area contributed by atoms with Crippen molar-refractivity contribution in [1.82, 2.24) is 4.90 Å². The molecule has 0 aromatic rings. The van der Waals surface area contributed by atoms with Gasteiger partial charge in [0.25, 0.3) is 0 Å². The Morgan fingerprint density at radius 3 is 2.34 bits per heavy atom. The van der Waals surface area contributed by atoms with Gasteiger partial charge in [-0.1, -0.05) is 34.6 Å². The third-order valence-corrected chi connectivity index (χ3v) is 16.8. The number of nitrogens with zero attached hydrogens (tertiary/aromatic N) is 1. The second-order valence-electron chi connectivity index (χ2n) is 19.2. The number of aliphatic hydroxyl groups is 1. The van der Waals surface area contributed by atoms with E-state index in [2.05, 4.69) is 39.5 Å². The van der Waals surface area contributed by atoms with E-state index in [0.29, 0.717) is 40.5 Å². The van der Waals surface area contributed by atoms with E-state index in [-0.39, 0.29) is 53.1 Å². The van der Waals surface area contributed by atoms with Crippen molar-refractivity contribution in [2.24, 2.45) is 50.7 Å². The molecule has 5 aliphatic carbocycles. The molecule has 8 fully saturated rings. The average molecular weight is 660 g/mol. The van der Waals surface area contributed by atoms with Crippen LogP contribution in [0.3, 0.4) is 0 Å². The summed E-state index contributed by atoms with van der Waals surface area (Å²) >= 11 is 0. The normalized spacial score (nSPS) is 53.1. The molecule has 2 spiro atoms. The number of ether oxygens (including phenoxy) is 6. The van der Waals surface area contributed by atoms with Crippen LogP contribution < -0.4 is 0 Å². The minimum atomic E-state index is -0.972. The second-order valence-corrected chi connectivity index (χ2v) is 19.2. The first-order chi connectivity index (χ1) is 22.2. The number of hydrogen-bond donors (Lipinski definition) is 1. The summed E-state index contributed by atoms with van der Waals surface area (Å²) < 4.78 is 38.4. The number of hydrogen-bond acceptors (Lipinski definition) is 8. The van der Waals surface area contributed by atoms with E-state index in [9.17, 15) is 5.11 Å². The molecule has 1 N–H and O–H groups in total. The molecule has 0 aromatic carbocycles. The molecule has 8 rings (SSSR count). The molecule has 47 heavy (non-hydrogen) atoms. The zero-order valence-corrected chi connectivity index (χ0v) is 30.9. The Bertz CT molecular complexity index is 1200. The first-order valence-corrected chi connectivity index (χ1v) is 19.2. The molecule has 0 aromatic heterocycles. The lowest BCUT2D eigenvalue weighted by atomic mass is 9.41. The summed E-state index contributed by atoms with van der Waals surface area (Å²) in [6.45, 7) is 20.7. The Balaban J connectivity index is 1.04. The lowest BCUT2D eigenvalue weighted by molar-refractivity contribution is -0.256. The average Bonchev–Trinajstić information content (AvgIpc) is 3.58. The SMILES string of the molecule is CO[C@@H]([C@H]1C[C@@H](C)[C@H]2[C@H](O1)[C@H](OC)[C@@]1(C)C3CC[C@H]4C(C)(C)C(O[C@H]5CN(C6COC6)CCO5)CCC45CC35CCC21C)C(C)(C)O. The van der Waals surface area contributed by atoms with Crippen molar-refractivity contribution in [1.29, 1.82) is 0 Å². The predicted molar refractivity (Wildman–Crippen MR) is 179 cm³/mol. The van der Waals surface area contributed by atoms with Gasteiger partial charge in [0.2, 0.25) is 0 Å². The minimum Gasteiger partial charge on any atom is -0.388 e. The second kappa shape index (κ2) is 11.1. The van der Waals surface area contributed by atoms with E-state index in [1.165, 1.54) is 38.5 Å². The largest absolute Gasteiger partial charge is 0.388 e. The van der Waals surface area contributed by atoms with Crippen molar-refractivity contribution in [2.45, 2.75) is 148 Å². The fraction of sp³-hybridized carbons (Fsp3) is 1.00. The van der Waals surface area contributed by atoms with Crippen molar-refractivity contribution < 1.29 is 33.5 Å². The maximum absolute atomic E-state index is 11.0. The lowest BCUT2D eigenvalue weighted by Gasteiger charge is -2.64. The van der Waals surface area contributed by atoms with Gasteiger partial charge in [0.1, 0.15) is 6.10 Å². The Kier molecular flexibility index (Phi) is 7.98. The summed E-state index contributed by atoms with van der Waals surface area (Å²) in [5, 5.41) is 11.0. The van der Waals surface area contributed by atoms with Crippen molar-refractivity contribution in [3.8, 4) is 0 Å². The Morgan fingerprint density at radius 1 is 0.957 bits per heavy atom. The van der Waals surface area contributed by atoms with Crippen LogP contribution in [-0.4, -0.2) is 106 Å². The lowest BCUT2D eigenvalue weighted by Crippen LogP contribution is -2.61. The summed E-state index contributed by atoms with van der Waals surface area (Å²) in [4.78, 5) is 2.52. The van der Waals surface area contributed by atoms with Gasteiger partial charge in [-0.25, -0.2) is 0 Å². The summed E-state index contributed by atoms with van der Waals surface area (Å²) in [6, 6.07) is 0.533. The van der Waals surface area contributed by atoms with Gasteiger partial charge >= 0.3 is 0 Å². The number of rotatable bonds is 7. The molecule has 0 radical (unpaired) electrons. The minimum absolute atomic E-state index is 0.0217. The Hall–Kier alpha value is -0.320. The highest BCUT2D eigenvalue weighted by Crippen LogP contribution is 2.89. The van der Waals surface area contributed by atoms with Crippen LogP contribution in [0.5, 0.6) is 0 Å². The molecule has 3 heterocycles. The van der Waals surface area contributed by atoms with Crippen molar-refractivity contribution in [2.75, 3.05) is 47.1 Å². The molecular formula is C39H65NO7. The van der Waals surface area contributed by atoms with Gasteiger partial charge in [-0.05, 0) is 111 Å². The highest BCUT2D eigenvalue weighted by molar-refractivity contribution is 5.33. The molecule has 14 atom stereocenters. The monoisotopic (exact) mass is 659 g/mol. The third kappa shape index (κ3) is 4.47. The van der Waals surface area contributed by atoms with Crippen LogP contribution in [0.15, 0.2) is 0 Å². The summed E-state index contributed by atoms with van der Waals surface area (Å²) in [5.74, 6) is 2.23. The summed E-state index contributed by atoms with van der Waals surface area (Å²) in [5.41, 5.74) is 0.130. The smallest absolute Gasteiger partial charge is 0.170 e. The van der Waals surface area contributed by atoms with Gasteiger partial charge in [0, 0.05) is 26.2 Å². The van der Waals surface area contributed by atoms with Crippen LogP contribution in [0, 0.1) is 50.7 Å². The quantitative estimate of drug-likeness (QED) is 0.374. The molecule has 8 heteroatoms. The van der Waals surface area contributed by atoms with Gasteiger partial charge in [-0.3, -0.25) is 4.90 Å². The van der Waals surface area contributed by atoms with E-state index in [4.69, 9.17) is 28.4 Å².